The third-order valence-electron chi connectivity index (χ3n) is 3.18. The fourth-order valence-electron chi connectivity index (χ4n) is 2.01. The van der Waals surface area contributed by atoms with Gasteiger partial charge in [0.1, 0.15) is 5.82 Å². The first-order valence-corrected chi connectivity index (χ1v) is 10.4. The van der Waals surface area contributed by atoms with Gasteiger partial charge in [0.05, 0.1) is 11.4 Å². The lowest BCUT2D eigenvalue weighted by atomic mass is 10.3. The van der Waals surface area contributed by atoms with E-state index in [9.17, 15) is 14.0 Å². The van der Waals surface area contributed by atoms with Crippen LogP contribution < -0.4 is 16.0 Å². The van der Waals surface area contributed by atoms with Gasteiger partial charge in [0, 0.05) is 10.2 Å². The van der Waals surface area contributed by atoms with E-state index in [4.69, 9.17) is 0 Å². The van der Waals surface area contributed by atoms with Gasteiger partial charge in [0.25, 0.3) is 0 Å². The maximum absolute atomic E-state index is 13.5. The van der Waals surface area contributed by atoms with E-state index in [0.717, 1.165) is 21.9 Å². The van der Waals surface area contributed by atoms with Crippen molar-refractivity contribution in [3.05, 3.63) is 58.8 Å². The Bertz CT molecular complexity index is 1000. The summed E-state index contributed by atoms with van der Waals surface area (Å²) < 4.78 is 15.0. The van der Waals surface area contributed by atoms with Crippen LogP contribution in [-0.2, 0) is 4.79 Å². The number of anilines is 3. The number of thioether (sulfide) groups is 1. The topological polar surface area (TPSA) is 96.0 Å². The summed E-state index contributed by atoms with van der Waals surface area (Å²) in [5, 5.41) is 16.1. The molecule has 3 amide bonds. The number of aromatic nitrogens is 2. The lowest BCUT2D eigenvalue weighted by Gasteiger charge is -2.06. The van der Waals surface area contributed by atoms with Crippen LogP contribution in [0.25, 0.3) is 0 Å². The second kappa shape index (κ2) is 9.62. The molecule has 0 aliphatic heterocycles. The Balaban J connectivity index is 1.46. The summed E-state index contributed by atoms with van der Waals surface area (Å²) in [6.07, 6.45) is 0. The largest absolute Gasteiger partial charge is 0.330 e. The molecule has 144 valence electrons. The van der Waals surface area contributed by atoms with Crippen molar-refractivity contribution < 1.29 is 14.0 Å². The molecule has 0 radical (unpaired) electrons. The number of imide groups is 1. The lowest BCUT2D eigenvalue weighted by molar-refractivity contribution is -0.117. The van der Waals surface area contributed by atoms with E-state index < -0.39 is 17.8 Å². The molecule has 7 nitrogen and oxygen atoms in total. The summed E-state index contributed by atoms with van der Waals surface area (Å²) in [6, 6.07) is 12.5. The zero-order valence-corrected chi connectivity index (χ0v) is 17.3. The molecular formula is C17H13BrFN5O2S2. The van der Waals surface area contributed by atoms with Gasteiger partial charge in [-0.2, -0.15) is 0 Å². The molecule has 2 aromatic carbocycles. The summed E-state index contributed by atoms with van der Waals surface area (Å²) in [7, 11) is 0. The highest BCUT2D eigenvalue weighted by Crippen LogP contribution is 2.28. The van der Waals surface area contributed by atoms with Crippen LogP contribution in [0.1, 0.15) is 0 Å². The number of halogens is 2. The molecule has 0 aliphatic rings. The predicted octanol–water partition coefficient (Wildman–Crippen LogP) is 4.62. The number of carbonyl (C=O) groups excluding carboxylic acids is 2. The molecule has 3 rings (SSSR count). The standard InChI is InChI=1S/C17H13BrFN5O2S2/c18-10-4-3-5-11(8-10)20-16-23-24-17(28-16)27-9-14(25)22-15(26)21-13-7-2-1-6-12(13)19/h1-8H,9H2,(H,20,23)(H2,21,22,25,26). The molecule has 0 bridgehead atoms. The van der Waals surface area contributed by atoms with Crippen molar-refractivity contribution in [2.45, 2.75) is 4.34 Å². The van der Waals surface area contributed by atoms with Crippen molar-refractivity contribution in [3.63, 3.8) is 0 Å². The summed E-state index contributed by atoms with van der Waals surface area (Å²) in [5.41, 5.74) is 0.845. The normalized spacial score (nSPS) is 10.4. The van der Waals surface area contributed by atoms with E-state index >= 15 is 0 Å². The molecule has 0 saturated carbocycles. The van der Waals surface area contributed by atoms with Gasteiger partial charge in [0.15, 0.2) is 4.34 Å². The smallest absolute Gasteiger partial charge is 0.325 e. The number of rotatable bonds is 6. The highest BCUT2D eigenvalue weighted by atomic mass is 79.9. The van der Waals surface area contributed by atoms with Gasteiger partial charge >= 0.3 is 6.03 Å². The minimum Gasteiger partial charge on any atom is -0.330 e. The molecule has 3 N–H and O–H groups in total. The Morgan fingerprint density at radius 2 is 1.96 bits per heavy atom. The van der Waals surface area contributed by atoms with E-state index in [2.05, 4.69) is 42.1 Å². The van der Waals surface area contributed by atoms with Gasteiger partial charge in [-0.3, -0.25) is 10.1 Å². The van der Waals surface area contributed by atoms with Crippen LogP contribution in [0.2, 0.25) is 0 Å². The van der Waals surface area contributed by atoms with Gasteiger partial charge in [-0.05, 0) is 30.3 Å². The maximum Gasteiger partial charge on any atom is 0.325 e. The zero-order chi connectivity index (χ0) is 19.9. The molecule has 1 aromatic heterocycles. The SMILES string of the molecule is O=C(CSc1nnc(Nc2cccc(Br)c2)s1)NC(=O)Nc1ccccc1F. The third kappa shape index (κ3) is 6.01. The van der Waals surface area contributed by atoms with Gasteiger partial charge in [0.2, 0.25) is 11.0 Å². The van der Waals surface area contributed by atoms with E-state index in [0.29, 0.717) is 9.47 Å². The molecule has 0 saturated heterocycles. The number of benzene rings is 2. The van der Waals surface area contributed by atoms with Crippen LogP contribution in [0.3, 0.4) is 0 Å². The Morgan fingerprint density at radius 1 is 1.14 bits per heavy atom. The number of amides is 3. The van der Waals surface area contributed by atoms with Gasteiger partial charge in [-0.1, -0.05) is 57.2 Å². The Kier molecular flexibility index (Phi) is 6.95. The molecule has 1 heterocycles. The van der Waals surface area contributed by atoms with E-state index in [1.165, 1.54) is 29.5 Å². The minimum atomic E-state index is -0.801. The second-order valence-electron chi connectivity index (χ2n) is 5.28. The van der Waals surface area contributed by atoms with Crippen LogP contribution in [-0.4, -0.2) is 27.9 Å². The van der Waals surface area contributed by atoms with Crippen LogP contribution in [0.15, 0.2) is 57.3 Å². The zero-order valence-electron chi connectivity index (χ0n) is 14.1. The Morgan fingerprint density at radius 3 is 2.75 bits per heavy atom. The Labute approximate surface area is 176 Å². The third-order valence-corrected chi connectivity index (χ3v) is 5.65. The summed E-state index contributed by atoms with van der Waals surface area (Å²) in [5.74, 6) is -1.15. The second-order valence-corrected chi connectivity index (χ2v) is 8.39. The van der Waals surface area contributed by atoms with Crippen LogP contribution in [0.5, 0.6) is 0 Å². The number of nitrogens with one attached hydrogen (secondary N) is 3. The van der Waals surface area contributed by atoms with E-state index in [1.54, 1.807) is 6.07 Å². The molecule has 11 heteroatoms. The van der Waals surface area contributed by atoms with Crippen molar-refractivity contribution in [2.75, 3.05) is 16.4 Å². The summed E-state index contributed by atoms with van der Waals surface area (Å²) >= 11 is 5.82. The first-order valence-electron chi connectivity index (χ1n) is 7.84. The fraction of sp³-hybridized carbons (Fsp3) is 0.0588. The van der Waals surface area contributed by atoms with Gasteiger partial charge < -0.3 is 10.6 Å². The molecule has 0 fully saturated rings. The molecule has 0 aliphatic carbocycles. The van der Waals surface area contributed by atoms with Crippen molar-refractivity contribution in [2.24, 2.45) is 0 Å². The highest BCUT2D eigenvalue weighted by Gasteiger charge is 2.12. The Hall–Kier alpha value is -2.50. The van der Waals surface area contributed by atoms with Crippen LogP contribution in [0.4, 0.5) is 25.7 Å². The highest BCUT2D eigenvalue weighted by molar-refractivity contribution is 9.10. The van der Waals surface area contributed by atoms with Crippen molar-refractivity contribution >= 4 is 67.5 Å². The molecule has 0 unspecified atom stereocenters. The van der Waals surface area contributed by atoms with Crippen molar-refractivity contribution in [1.82, 2.24) is 15.5 Å². The summed E-state index contributed by atoms with van der Waals surface area (Å²) in [4.78, 5) is 23.6. The maximum atomic E-state index is 13.5. The average Bonchev–Trinajstić information content (AvgIpc) is 3.09. The molecule has 0 spiro atoms. The summed E-state index contributed by atoms with van der Waals surface area (Å²) in [6.45, 7) is 0. The average molecular weight is 482 g/mol. The molecule has 28 heavy (non-hydrogen) atoms. The monoisotopic (exact) mass is 481 g/mol. The minimum absolute atomic E-state index is 0.00663. The molecular weight excluding hydrogens is 469 g/mol. The molecule has 3 aromatic rings. The first kappa shape index (κ1) is 20.2. The van der Waals surface area contributed by atoms with Crippen LogP contribution >= 0.6 is 39.0 Å². The lowest BCUT2D eigenvalue weighted by Crippen LogP contribution is -2.35. The van der Waals surface area contributed by atoms with Crippen molar-refractivity contribution in [1.29, 1.82) is 0 Å². The number of hydrogen-bond acceptors (Lipinski definition) is 7. The first-order chi connectivity index (χ1) is 13.5. The number of hydrogen-bond donors (Lipinski definition) is 3. The van der Waals surface area contributed by atoms with Gasteiger partial charge in [-0.15, -0.1) is 10.2 Å². The van der Waals surface area contributed by atoms with Crippen molar-refractivity contribution in [3.8, 4) is 0 Å². The van der Waals surface area contributed by atoms with Crippen LogP contribution in [0, 0.1) is 5.82 Å². The molecule has 0 atom stereocenters. The van der Waals surface area contributed by atoms with E-state index in [-0.39, 0.29) is 11.4 Å². The number of para-hydroxylation sites is 1. The van der Waals surface area contributed by atoms with Gasteiger partial charge in [-0.25, -0.2) is 9.18 Å². The fourth-order valence-corrected chi connectivity index (χ4v) is 3.99. The number of carbonyl (C=O) groups is 2. The number of nitrogens with zero attached hydrogens (tertiary/aromatic N) is 2. The number of urea groups is 1. The predicted molar refractivity (Wildman–Crippen MR) is 112 cm³/mol. The quantitative estimate of drug-likeness (QED) is 0.444. The van der Waals surface area contributed by atoms with E-state index in [1.807, 2.05) is 24.3 Å².